The molecule has 0 saturated carbocycles. The minimum Gasteiger partial charge on any atom is -0.324 e. The van der Waals surface area contributed by atoms with Gasteiger partial charge in [0.05, 0.1) is 11.3 Å². The summed E-state index contributed by atoms with van der Waals surface area (Å²) in [6.07, 6.45) is -4.47. The second kappa shape index (κ2) is 7.48. The van der Waals surface area contributed by atoms with Gasteiger partial charge in [0.1, 0.15) is 6.54 Å². The molecule has 1 amide bonds. The molecule has 1 N–H and O–H groups in total. The van der Waals surface area contributed by atoms with E-state index in [0.717, 1.165) is 29.4 Å². The Morgan fingerprint density at radius 3 is 2.65 bits per heavy atom. The molecular weight excluding hydrogens is 367 g/mol. The second-order valence-electron chi connectivity index (χ2n) is 5.14. The topological polar surface area (TPSA) is 72.2 Å². The summed E-state index contributed by atoms with van der Waals surface area (Å²) in [6, 6.07) is 13.5. The maximum absolute atomic E-state index is 12.7. The lowest BCUT2D eigenvalue weighted by atomic mass is 10.2. The van der Waals surface area contributed by atoms with Crippen LogP contribution >= 0.6 is 11.5 Å². The van der Waals surface area contributed by atoms with E-state index in [1.807, 2.05) is 30.3 Å². The van der Waals surface area contributed by atoms with E-state index in [1.165, 1.54) is 16.8 Å². The highest BCUT2D eigenvalue weighted by Crippen LogP contribution is 2.30. The van der Waals surface area contributed by atoms with Gasteiger partial charge in [-0.3, -0.25) is 4.79 Å². The van der Waals surface area contributed by atoms with E-state index in [2.05, 4.69) is 20.0 Å². The smallest absolute Gasteiger partial charge is 0.324 e. The van der Waals surface area contributed by atoms with Crippen molar-refractivity contribution in [3.63, 3.8) is 0 Å². The number of para-hydroxylation sites is 1. The molecule has 0 aliphatic rings. The Labute approximate surface area is 149 Å². The first-order chi connectivity index (χ1) is 12.4. The monoisotopic (exact) mass is 379 g/mol. The number of halogens is 3. The number of aromatic nitrogens is 3. The molecule has 1 aromatic heterocycles. The summed E-state index contributed by atoms with van der Waals surface area (Å²) in [5.74, 6) is -0.544. The lowest BCUT2D eigenvalue weighted by Crippen LogP contribution is -2.20. The first-order valence-electron chi connectivity index (χ1n) is 7.38. The van der Waals surface area contributed by atoms with E-state index in [-0.39, 0.29) is 12.2 Å². The largest absolute Gasteiger partial charge is 0.416 e. The third-order valence-corrected chi connectivity index (χ3v) is 3.88. The van der Waals surface area contributed by atoms with E-state index in [0.29, 0.717) is 4.80 Å². The first kappa shape index (κ1) is 17.8. The van der Waals surface area contributed by atoms with Gasteiger partial charge in [0, 0.05) is 17.2 Å². The molecule has 0 aliphatic heterocycles. The lowest BCUT2D eigenvalue weighted by Gasteiger charge is -2.09. The van der Waals surface area contributed by atoms with E-state index in [1.54, 1.807) is 0 Å². The van der Waals surface area contributed by atoms with Crippen molar-refractivity contribution in [2.24, 2.45) is 4.99 Å². The van der Waals surface area contributed by atoms with Gasteiger partial charge in [-0.15, -0.1) is 0 Å². The molecule has 0 saturated heterocycles. The predicted octanol–water partition coefficient (Wildman–Crippen LogP) is 2.89. The van der Waals surface area contributed by atoms with Gasteiger partial charge in [-0.05, 0) is 35.5 Å². The molecule has 0 unspecified atom stereocenters. The predicted molar refractivity (Wildman–Crippen MR) is 89.7 cm³/mol. The molecule has 3 aromatic rings. The summed E-state index contributed by atoms with van der Waals surface area (Å²) in [7, 11) is 0. The first-order valence-corrected chi connectivity index (χ1v) is 8.15. The number of amides is 1. The fraction of sp³-hybridized carbons (Fsp3) is 0.125. The van der Waals surface area contributed by atoms with Crippen molar-refractivity contribution in [1.82, 2.24) is 14.4 Å². The highest BCUT2D eigenvalue weighted by atomic mass is 32.1. The van der Waals surface area contributed by atoms with Gasteiger partial charge >= 0.3 is 6.18 Å². The van der Waals surface area contributed by atoms with Crippen molar-refractivity contribution in [2.75, 3.05) is 11.9 Å². The van der Waals surface area contributed by atoms with Crippen LogP contribution in [0.15, 0.2) is 59.6 Å². The Morgan fingerprint density at radius 1 is 1.15 bits per heavy atom. The highest BCUT2D eigenvalue weighted by Gasteiger charge is 2.30. The van der Waals surface area contributed by atoms with Crippen molar-refractivity contribution in [3.05, 3.63) is 65.0 Å². The zero-order valence-electron chi connectivity index (χ0n) is 13.1. The van der Waals surface area contributed by atoms with Crippen molar-refractivity contribution >= 4 is 23.1 Å². The number of alkyl halides is 3. The Hall–Kier alpha value is -3.01. The molecule has 0 fully saturated rings. The van der Waals surface area contributed by atoms with Crippen LogP contribution < -0.4 is 10.1 Å². The fourth-order valence-electron chi connectivity index (χ4n) is 2.11. The number of nitrogens with zero attached hydrogens (tertiary/aromatic N) is 4. The van der Waals surface area contributed by atoms with E-state index >= 15 is 0 Å². The molecule has 2 aromatic carbocycles. The van der Waals surface area contributed by atoms with E-state index in [9.17, 15) is 18.0 Å². The summed E-state index contributed by atoms with van der Waals surface area (Å²) in [5, 5.41) is 6.32. The van der Waals surface area contributed by atoms with Gasteiger partial charge in [0.2, 0.25) is 10.7 Å². The van der Waals surface area contributed by atoms with Crippen LogP contribution in [0.5, 0.6) is 0 Å². The number of nitrogens with one attached hydrogen (secondary N) is 1. The average Bonchev–Trinajstić information content (AvgIpc) is 3.09. The summed E-state index contributed by atoms with van der Waals surface area (Å²) in [6.45, 7) is -0.271. The van der Waals surface area contributed by atoms with E-state index in [4.69, 9.17) is 0 Å². The molecule has 26 heavy (non-hydrogen) atoms. The summed E-state index contributed by atoms with van der Waals surface area (Å²) < 4.78 is 43.4. The quantitative estimate of drug-likeness (QED) is 0.758. The fourth-order valence-corrected chi connectivity index (χ4v) is 2.63. The Kier molecular flexibility index (Phi) is 5.12. The van der Waals surface area contributed by atoms with Gasteiger partial charge in [0.15, 0.2) is 0 Å². The number of anilines is 1. The van der Waals surface area contributed by atoms with Crippen molar-refractivity contribution in [2.45, 2.75) is 6.18 Å². The third-order valence-electron chi connectivity index (χ3n) is 3.26. The van der Waals surface area contributed by atoms with Crippen LogP contribution in [-0.2, 0) is 11.0 Å². The van der Waals surface area contributed by atoms with Crippen LogP contribution in [0.25, 0.3) is 5.69 Å². The van der Waals surface area contributed by atoms with Crippen LogP contribution in [-0.4, -0.2) is 26.8 Å². The van der Waals surface area contributed by atoms with Crippen LogP contribution in [0.1, 0.15) is 5.56 Å². The Bertz CT molecular complexity index is 966. The minimum absolute atomic E-state index is 0.0541. The summed E-state index contributed by atoms with van der Waals surface area (Å²) in [4.78, 5) is 16.5. The van der Waals surface area contributed by atoms with Gasteiger partial charge in [-0.2, -0.15) is 17.9 Å². The van der Waals surface area contributed by atoms with Crippen LogP contribution in [0.2, 0.25) is 0 Å². The van der Waals surface area contributed by atoms with Gasteiger partial charge in [-0.1, -0.05) is 28.8 Å². The maximum atomic E-state index is 12.7. The minimum atomic E-state index is -4.47. The molecule has 134 valence electrons. The molecule has 0 aliphatic carbocycles. The molecule has 0 bridgehead atoms. The number of hydrogen-bond donors (Lipinski definition) is 1. The molecular formula is C16H12F3N5OS. The third kappa shape index (κ3) is 4.33. The molecule has 6 nitrogen and oxygen atoms in total. The van der Waals surface area contributed by atoms with Crippen molar-refractivity contribution in [1.29, 1.82) is 0 Å². The zero-order valence-corrected chi connectivity index (χ0v) is 14.0. The Morgan fingerprint density at radius 2 is 1.92 bits per heavy atom. The average molecular weight is 379 g/mol. The molecule has 0 atom stereocenters. The number of rotatable bonds is 4. The van der Waals surface area contributed by atoms with Crippen LogP contribution in [0, 0.1) is 0 Å². The van der Waals surface area contributed by atoms with Crippen LogP contribution in [0.3, 0.4) is 0 Å². The summed E-state index contributed by atoms with van der Waals surface area (Å²) >= 11 is 1.00. The SMILES string of the molecule is O=C(CN=c1snnn1-c1ccccc1)Nc1cccc(C(F)(F)F)c1. The number of carbonyl (C=O) groups excluding carboxylic acids is 1. The Balaban J connectivity index is 1.73. The molecule has 3 rings (SSSR count). The lowest BCUT2D eigenvalue weighted by molar-refractivity contribution is -0.137. The van der Waals surface area contributed by atoms with Crippen molar-refractivity contribution < 1.29 is 18.0 Å². The maximum Gasteiger partial charge on any atom is 0.416 e. The zero-order chi connectivity index (χ0) is 18.6. The normalized spacial score (nSPS) is 12.2. The second-order valence-corrected chi connectivity index (χ2v) is 5.85. The van der Waals surface area contributed by atoms with E-state index < -0.39 is 17.6 Å². The highest BCUT2D eigenvalue weighted by molar-refractivity contribution is 7.02. The van der Waals surface area contributed by atoms with Gasteiger partial charge in [-0.25, -0.2) is 4.99 Å². The number of carbonyl (C=O) groups is 1. The van der Waals surface area contributed by atoms with Gasteiger partial charge in [0.25, 0.3) is 0 Å². The molecule has 0 spiro atoms. The number of benzene rings is 2. The molecule has 0 radical (unpaired) electrons. The summed E-state index contributed by atoms with van der Waals surface area (Å²) in [5.41, 5.74) is -0.0440. The van der Waals surface area contributed by atoms with Gasteiger partial charge < -0.3 is 5.32 Å². The van der Waals surface area contributed by atoms with Crippen LogP contribution in [0.4, 0.5) is 18.9 Å². The van der Waals surface area contributed by atoms with Crippen molar-refractivity contribution in [3.8, 4) is 5.69 Å². The number of hydrogen-bond acceptors (Lipinski definition) is 5. The molecule has 1 heterocycles. The molecule has 10 heteroatoms. The standard InChI is InChI=1S/C16H12F3N5OS/c17-16(18,19)11-5-4-6-12(9-11)21-14(25)10-20-15-24(22-23-26-15)13-7-2-1-3-8-13/h1-9H,10H2,(H,21,25).